The Kier molecular flexibility index (Phi) is 25.6. The van der Waals surface area contributed by atoms with Gasteiger partial charge in [0, 0.05) is 18.9 Å². The zero-order valence-electron chi connectivity index (χ0n) is 31.9. The molecule has 0 N–H and O–H groups in total. The topological polar surface area (TPSA) is 21.7 Å². The molecule has 1 saturated carbocycles. The number of fused-ring (bicyclic) bond motifs is 1. The van der Waals surface area contributed by atoms with Crippen LogP contribution in [0.3, 0.4) is 0 Å². The predicted octanol–water partition coefficient (Wildman–Crippen LogP) is 13.6. The van der Waals surface area contributed by atoms with Crippen LogP contribution in [-0.2, 0) is 9.47 Å². The minimum absolute atomic E-state index is 0.302. The molecule has 2 fully saturated rings. The molecule has 0 amide bonds. The normalized spacial score (nSPS) is 23.2. The van der Waals surface area contributed by atoms with Crippen molar-refractivity contribution < 1.29 is 9.47 Å². The zero-order valence-corrected chi connectivity index (χ0v) is 31.9. The van der Waals surface area contributed by atoms with Gasteiger partial charge >= 0.3 is 0 Å². The van der Waals surface area contributed by atoms with Crippen molar-refractivity contribution in [2.45, 2.75) is 218 Å². The van der Waals surface area contributed by atoms with Gasteiger partial charge in [0.05, 0.1) is 12.2 Å². The van der Waals surface area contributed by atoms with E-state index in [1.54, 1.807) is 0 Å². The SMILES string of the molecule is CCCCCC=CC/C=C\CCCCCCCCC1(CCCCCCCC/C=C\CC=CCCCCC)O[C@H]2CC(N(C)C)C[C@H]2O1. The summed E-state index contributed by atoms with van der Waals surface area (Å²) in [4.78, 5) is 2.36. The zero-order chi connectivity index (χ0) is 33.7. The van der Waals surface area contributed by atoms with Crippen LogP contribution >= 0.6 is 0 Å². The molecule has 1 unspecified atom stereocenters. The van der Waals surface area contributed by atoms with Gasteiger partial charge in [0.25, 0.3) is 0 Å². The van der Waals surface area contributed by atoms with Crippen LogP contribution in [-0.4, -0.2) is 43.0 Å². The van der Waals surface area contributed by atoms with Crippen LogP contribution in [0.25, 0.3) is 0 Å². The van der Waals surface area contributed by atoms with E-state index in [9.17, 15) is 0 Å². The average molecular weight is 654 g/mol. The number of hydrogen-bond acceptors (Lipinski definition) is 3. The van der Waals surface area contributed by atoms with Crippen molar-refractivity contribution in [3.05, 3.63) is 48.6 Å². The number of hydrogen-bond donors (Lipinski definition) is 0. The van der Waals surface area contributed by atoms with E-state index in [-0.39, 0.29) is 5.79 Å². The van der Waals surface area contributed by atoms with Crippen LogP contribution in [0.2, 0.25) is 0 Å². The lowest BCUT2D eigenvalue weighted by Gasteiger charge is -2.31. The molecule has 272 valence electrons. The van der Waals surface area contributed by atoms with E-state index in [0.717, 1.165) is 38.5 Å². The molecule has 3 heteroatoms. The first-order chi connectivity index (χ1) is 23.1. The van der Waals surface area contributed by atoms with E-state index < -0.39 is 0 Å². The Morgan fingerprint density at radius 3 is 1.17 bits per heavy atom. The lowest BCUT2D eigenvalue weighted by molar-refractivity contribution is -0.193. The van der Waals surface area contributed by atoms with E-state index in [1.165, 1.54) is 141 Å². The lowest BCUT2D eigenvalue weighted by Crippen LogP contribution is -2.34. The van der Waals surface area contributed by atoms with Crippen LogP contribution in [0.5, 0.6) is 0 Å². The number of allylic oxidation sites excluding steroid dienone is 8. The minimum atomic E-state index is -0.308. The van der Waals surface area contributed by atoms with Crippen molar-refractivity contribution in [3.63, 3.8) is 0 Å². The average Bonchev–Trinajstić information content (AvgIpc) is 3.61. The molecule has 1 saturated heterocycles. The van der Waals surface area contributed by atoms with Gasteiger partial charge in [-0.2, -0.15) is 0 Å². The fraction of sp³-hybridized carbons (Fsp3) is 0.818. The Balaban J connectivity index is 1.55. The summed E-state index contributed by atoms with van der Waals surface area (Å²) in [5.41, 5.74) is 0. The summed E-state index contributed by atoms with van der Waals surface area (Å²) in [6, 6.07) is 0.603. The summed E-state index contributed by atoms with van der Waals surface area (Å²) in [5.74, 6) is -0.308. The second-order valence-corrected chi connectivity index (χ2v) is 15.0. The standard InChI is InChI=1S/C44H79NO2/c1-5-7-9-11-13-15-17-19-21-23-25-27-29-31-33-35-37-44(46-42-39-41(45(3)4)40-43(42)47-44)38-36-34-32-30-28-26-24-22-20-18-16-14-12-10-8-6-2/h13-16,19-22,41-43H,5-12,17-18,23-40H2,1-4H3/b15-13?,16-14?,21-19-,22-20-/t41?,42-,43+,44?. The van der Waals surface area contributed by atoms with Crippen LogP contribution in [0.15, 0.2) is 48.6 Å². The third-order valence-corrected chi connectivity index (χ3v) is 10.4. The Morgan fingerprint density at radius 2 is 0.809 bits per heavy atom. The quantitative estimate of drug-likeness (QED) is 0.0549. The highest BCUT2D eigenvalue weighted by atomic mass is 16.8. The van der Waals surface area contributed by atoms with Crippen molar-refractivity contribution in [2.24, 2.45) is 0 Å². The molecule has 1 aliphatic heterocycles. The fourth-order valence-electron chi connectivity index (χ4n) is 7.31. The molecule has 2 rings (SSSR count). The highest BCUT2D eigenvalue weighted by molar-refractivity contribution is 4.97. The van der Waals surface area contributed by atoms with Crippen molar-refractivity contribution in [1.82, 2.24) is 4.90 Å². The monoisotopic (exact) mass is 654 g/mol. The van der Waals surface area contributed by atoms with Gasteiger partial charge in [-0.15, -0.1) is 0 Å². The van der Waals surface area contributed by atoms with E-state index in [1.807, 2.05) is 0 Å². The summed E-state index contributed by atoms with van der Waals surface area (Å²) in [7, 11) is 4.40. The smallest absolute Gasteiger partial charge is 0.169 e. The molecule has 0 spiro atoms. The maximum atomic E-state index is 6.83. The molecular weight excluding hydrogens is 574 g/mol. The summed E-state index contributed by atoms with van der Waals surface area (Å²) in [6.45, 7) is 4.54. The van der Waals surface area contributed by atoms with Gasteiger partial charge < -0.3 is 14.4 Å². The third-order valence-electron chi connectivity index (χ3n) is 10.4. The molecule has 3 atom stereocenters. The molecular formula is C44H79NO2. The molecule has 0 aromatic rings. The third kappa shape index (κ3) is 20.8. The first-order valence-corrected chi connectivity index (χ1v) is 20.7. The highest BCUT2D eigenvalue weighted by Crippen LogP contribution is 2.44. The van der Waals surface area contributed by atoms with Crippen LogP contribution in [0.1, 0.15) is 194 Å². The van der Waals surface area contributed by atoms with Gasteiger partial charge in [-0.1, -0.05) is 140 Å². The first-order valence-electron chi connectivity index (χ1n) is 20.7. The predicted molar refractivity (Wildman–Crippen MR) is 207 cm³/mol. The number of nitrogens with zero attached hydrogens (tertiary/aromatic N) is 1. The Labute approximate surface area is 294 Å². The summed E-state index contributed by atoms with van der Waals surface area (Å²) < 4.78 is 13.7. The molecule has 0 bridgehead atoms. The van der Waals surface area contributed by atoms with Gasteiger partial charge in [0.2, 0.25) is 0 Å². The maximum absolute atomic E-state index is 6.83. The van der Waals surface area contributed by atoms with Gasteiger partial charge in [0.1, 0.15) is 0 Å². The molecule has 1 aliphatic carbocycles. The largest absolute Gasteiger partial charge is 0.344 e. The van der Waals surface area contributed by atoms with Crippen LogP contribution < -0.4 is 0 Å². The van der Waals surface area contributed by atoms with Crippen molar-refractivity contribution >= 4 is 0 Å². The molecule has 1 heterocycles. The summed E-state index contributed by atoms with van der Waals surface area (Å²) >= 11 is 0. The molecule has 47 heavy (non-hydrogen) atoms. The summed E-state index contributed by atoms with van der Waals surface area (Å²) in [5, 5.41) is 0. The van der Waals surface area contributed by atoms with E-state index in [0.29, 0.717) is 18.2 Å². The highest BCUT2D eigenvalue weighted by Gasteiger charge is 2.51. The second-order valence-electron chi connectivity index (χ2n) is 15.0. The van der Waals surface area contributed by atoms with E-state index >= 15 is 0 Å². The second kappa shape index (κ2) is 28.7. The Morgan fingerprint density at radius 1 is 0.468 bits per heavy atom. The maximum Gasteiger partial charge on any atom is 0.169 e. The van der Waals surface area contributed by atoms with Crippen LogP contribution in [0.4, 0.5) is 0 Å². The van der Waals surface area contributed by atoms with Gasteiger partial charge in [-0.25, -0.2) is 0 Å². The van der Waals surface area contributed by atoms with Crippen LogP contribution in [0, 0.1) is 0 Å². The lowest BCUT2D eigenvalue weighted by atomic mass is 9.98. The first kappa shape index (κ1) is 42.0. The van der Waals surface area contributed by atoms with E-state index in [4.69, 9.17) is 9.47 Å². The van der Waals surface area contributed by atoms with Crippen molar-refractivity contribution in [1.29, 1.82) is 0 Å². The molecule has 0 radical (unpaired) electrons. The molecule has 3 nitrogen and oxygen atoms in total. The van der Waals surface area contributed by atoms with Gasteiger partial charge in [-0.3, -0.25) is 0 Å². The van der Waals surface area contributed by atoms with Gasteiger partial charge in [0.15, 0.2) is 5.79 Å². The van der Waals surface area contributed by atoms with Gasteiger partial charge in [-0.05, 0) is 104 Å². The van der Waals surface area contributed by atoms with Crippen molar-refractivity contribution in [3.8, 4) is 0 Å². The fourth-order valence-corrected chi connectivity index (χ4v) is 7.31. The molecule has 0 aromatic carbocycles. The number of ether oxygens (including phenoxy) is 2. The van der Waals surface area contributed by atoms with E-state index in [2.05, 4.69) is 81.5 Å². The Hall–Kier alpha value is -1.16. The summed E-state index contributed by atoms with van der Waals surface area (Å²) in [6.07, 6.45) is 55.0. The molecule has 0 aromatic heterocycles. The number of unbranched alkanes of at least 4 members (excludes halogenated alkanes) is 18. The van der Waals surface area contributed by atoms with Crippen molar-refractivity contribution in [2.75, 3.05) is 14.1 Å². The molecule has 2 aliphatic rings. The Bertz CT molecular complexity index is 763. The number of rotatable bonds is 31. The minimum Gasteiger partial charge on any atom is -0.344 e.